The number of fused-ring (bicyclic) bond motifs is 1. The van der Waals surface area contributed by atoms with Crippen LogP contribution in [-0.2, 0) is 6.54 Å². The smallest absolute Gasteiger partial charge is 0.234 e. The second kappa shape index (κ2) is 3.99. The number of nitrogens with two attached hydrogens (primary N) is 1. The van der Waals surface area contributed by atoms with Crippen molar-refractivity contribution in [2.75, 3.05) is 0 Å². The predicted molar refractivity (Wildman–Crippen MR) is 66.3 cm³/mol. The second-order valence-corrected chi connectivity index (χ2v) is 3.80. The van der Waals surface area contributed by atoms with E-state index in [4.69, 9.17) is 5.73 Å². The average molecular weight is 224 g/mol. The molecule has 0 bridgehead atoms. The van der Waals surface area contributed by atoms with Crippen LogP contribution in [0.3, 0.4) is 0 Å². The van der Waals surface area contributed by atoms with Crippen molar-refractivity contribution in [1.82, 2.24) is 14.4 Å². The van der Waals surface area contributed by atoms with Crippen molar-refractivity contribution in [1.29, 1.82) is 0 Å². The van der Waals surface area contributed by atoms with Crippen LogP contribution < -0.4 is 5.73 Å². The third-order valence-electron chi connectivity index (χ3n) is 2.73. The Kier molecular flexibility index (Phi) is 2.34. The minimum absolute atomic E-state index is 0.476. The standard InChI is InChI=1S/C13H12N4/c14-8-11-6-7-15-13-16-12(9-17(11)13)10-4-2-1-3-5-10/h1-7,9H,8,14H2. The summed E-state index contributed by atoms with van der Waals surface area (Å²) >= 11 is 0. The molecule has 0 atom stereocenters. The molecule has 0 aliphatic heterocycles. The zero-order chi connectivity index (χ0) is 11.7. The van der Waals surface area contributed by atoms with Gasteiger partial charge in [0, 0.05) is 30.2 Å². The van der Waals surface area contributed by atoms with Gasteiger partial charge in [0.05, 0.1) is 5.69 Å². The lowest BCUT2D eigenvalue weighted by Crippen LogP contribution is -2.03. The summed E-state index contributed by atoms with van der Waals surface area (Å²) in [6.45, 7) is 0.476. The normalized spacial score (nSPS) is 10.9. The molecule has 3 aromatic rings. The van der Waals surface area contributed by atoms with Gasteiger partial charge in [0.1, 0.15) is 0 Å². The summed E-state index contributed by atoms with van der Waals surface area (Å²) in [4.78, 5) is 8.72. The number of hydrogen-bond donors (Lipinski definition) is 1. The molecular formula is C13H12N4. The summed E-state index contributed by atoms with van der Waals surface area (Å²) in [5.41, 5.74) is 8.69. The lowest BCUT2D eigenvalue weighted by molar-refractivity contribution is 0.926. The van der Waals surface area contributed by atoms with E-state index in [-0.39, 0.29) is 0 Å². The summed E-state index contributed by atoms with van der Waals surface area (Å²) in [6.07, 6.45) is 3.71. The Bertz CT molecular complexity index is 643. The molecule has 2 aromatic heterocycles. The molecule has 0 saturated heterocycles. The maximum absolute atomic E-state index is 5.69. The van der Waals surface area contributed by atoms with Crippen LogP contribution in [0.5, 0.6) is 0 Å². The van der Waals surface area contributed by atoms with Gasteiger partial charge in [-0.2, -0.15) is 0 Å². The van der Waals surface area contributed by atoms with Crippen LogP contribution >= 0.6 is 0 Å². The van der Waals surface area contributed by atoms with Crippen molar-refractivity contribution in [2.24, 2.45) is 5.73 Å². The molecule has 0 fully saturated rings. The van der Waals surface area contributed by atoms with Crippen molar-refractivity contribution in [3.05, 3.63) is 54.5 Å². The van der Waals surface area contributed by atoms with Gasteiger partial charge in [-0.25, -0.2) is 9.97 Å². The van der Waals surface area contributed by atoms with Gasteiger partial charge in [0.15, 0.2) is 0 Å². The molecule has 4 heteroatoms. The fourth-order valence-electron chi connectivity index (χ4n) is 1.86. The van der Waals surface area contributed by atoms with E-state index in [9.17, 15) is 0 Å². The Labute approximate surface area is 98.8 Å². The molecule has 2 heterocycles. The maximum atomic E-state index is 5.69. The van der Waals surface area contributed by atoms with E-state index in [0.29, 0.717) is 12.3 Å². The van der Waals surface area contributed by atoms with Crippen molar-refractivity contribution < 1.29 is 0 Å². The number of benzene rings is 1. The van der Waals surface area contributed by atoms with Crippen molar-refractivity contribution >= 4 is 5.78 Å². The van der Waals surface area contributed by atoms with Crippen LogP contribution in [-0.4, -0.2) is 14.4 Å². The van der Waals surface area contributed by atoms with Gasteiger partial charge in [0.25, 0.3) is 0 Å². The van der Waals surface area contributed by atoms with Crippen LogP contribution in [0.1, 0.15) is 5.69 Å². The fourth-order valence-corrected chi connectivity index (χ4v) is 1.86. The molecule has 0 aliphatic carbocycles. The molecule has 0 saturated carbocycles. The predicted octanol–water partition coefficient (Wildman–Crippen LogP) is 1.85. The van der Waals surface area contributed by atoms with E-state index in [2.05, 4.69) is 9.97 Å². The number of nitrogens with zero attached hydrogens (tertiary/aromatic N) is 3. The van der Waals surface area contributed by atoms with Gasteiger partial charge in [0.2, 0.25) is 5.78 Å². The maximum Gasteiger partial charge on any atom is 0.234 e. The SMILES string of the molecule is NCc1ccnc2nc(-c3ccccc3)cn12. The Morgan fingerprint density at radius 1 is 1.12 bits per heavy atom. The van der Waals surface area contributed by atoms with E-state index in [1.807, 2.05) is 47.0 Å². The van der Waals surface area contributed by atoms with Gasteiger partial charge in [-0.3, -0.25) is 4.40 Å². The monoisotopic (exact) mass is 224 g/mol. The zero-order valence-corrected chi connectivity index (χ0v) is 9.24. The van der Waals surface area contributed by atoms with Crippen molar-refractivity contribution in [3.8, 4) is 11.3 Å². The van der Waals surface area contributed by atoms with Crippen LogP contribution in [0.4, 0.5) is 0 Å². The molecule has 0 aliphatic rings. The van der Waals surface area contributed by atoms with E-state index in [1.54, 1.807) is 6.20 Å². The molecule has 84 valence electrons. The van der Waals surface area contributed by atoms with E-state index >= 15 is 0 Å². The first-order valence-corrected chi connectivity index (χ1v) is 5.47. The number of aromatic nitrogens is 3. The van der Waals surface area contributed by atoms with Gasteiger partial charge >= 0.3 is 0 Å². The largest absolute Gasteiger partial charge is 0.325 e. The fraction of sp³-hybridized carbons (Fsp3) is 0.0769. The number of imidazole rings is 1. The van der Waals surface area contributed by atoms with E-state index in [0.717, 1.165) is 17.0 Å². The number of hydrogen-bond acceptors (Lipinski definition) is 3. The minimum atomic E-state index is 0.476. The topological polar surface area (TPSA) is 56.2 Å². The molecule has 0 spiro atoms. The van der Waals surface area contributed by atoms with Gasteiger partial charge in [-0.05, 0) is 6.07 Å². The molecule has 2 N–H and O–H groups in total. The lowest BCUT2D eigenvalue weighted by atomic mass is 10.2. The Morgan fingerprint density at radius 3 is 2.71 bits per heavy atom. The van der Waals surface area contributed by atoms with Gasteiger partial charge in [-0.1, -0.05) is 30.3 Å². The highest BCUT2D eigenvalue weighted by atomic mass is 15.1. The molecule has 0 radical (unpaired) electrons. The van der Waals surface area contributed by atoms with Crippen LogP contribution in [0.25, 0.3) is 17.0 Å². The molecule has 1 aromatic carbocycles. The van der Waals surface area contributed by atoms with E-state index in [1.165, 1.54) is 0 Å². The average Bonchev–Trinajstić information content (AvgIpc) is 2.83. The highest BCUT2D eigenvalue weighted by Crippen LogP contribution is 2.18. The summed E-state index contributed by atoms with van der Waals surface area (Å²) in [5, 5.41) is 0. The van der Waals surface area contributed by atoms with Crippen molar-refractivity contribution in [3.63, 3.8) is 0 Å². The Morgan fingerprint density at radius 2 is 1.94 bits per heavy atom. The molecule has 17 heavy (non-hydrogen) atoms. The summed E-state index contributed by atoms with van der Waals surface area (Å²) in [7, 11) is 0. The summed E-state index contributed by atoms with van der Waals surface area (Å²) in [5.74, 6) is 0.687. The molecule has 0 amide bonds. The van der Waals surface area contributed by atoms with E-state index < -0.39 is 0 Å². The highest BCUT2D eigenvalue weighted by molar-refractivity contribution is 5.61. The molecule has 4 nitrogen and oxygen atoms in total. The van der Waals surface area contributed by atoms with Gasteiger partial charge < -0.3 is 5.73 Å². The Hall–Kier alpha value is -2.20. The summed E-state index contributed by atoms with van der Waals surface area (Å²) < 4.78 is 1.93. The first-order chi connectivity index (χ1) is 8.38. The van der Waals surface area contributed by atoms with Crippen LogP contribution in [0.2, 0.25) is 0 Å². The quantitative estimate of drug-likeness (QED) is 0.722. The molecular weight excluding hydrogens is 212 g/mol. The van der Waals surface area contributed by atoms with Crippen LogP contribution in [0, 0.1) is 0 Å². The first-order valence-electron chi connectivity index (χ1n) is 5.47. The van der Waals surface area contributed by atoms with Gasteiger partial charge in [-0.15, -0.1) is 0 Å². The third-order valence-corrected chi connectivity index (χ3v) is 2.73. The number of rotatable bonds is 2. The second-order valence-electron chi connectivity index (χ2n) is 3.80. The minimum Gasteiger partial charge on any atom is -0.325 e. The van der Waals surface area contributed by atoms with Crippen LogP contribution in [0.15, 0.2) is 48.8 Å². The third kappa shape index (κ3) is 1.68. The zero-order valence-electron chi connectivity index (χ0n) is 9.24. The summed E-state index contributed by atoms with van der Waals surface area (Å²) in [6, 6.07) is 12.0. The highest BCUT2D eigenvalue weighted by Gasteiger charge is 2.06. The molecule has 3 rings (SSSR count). The van der Waals surface area contributed by atoms with Crippen molar-refractivity contribution in [2.45, 2.75) is 6.54 Å². The lowest BCUT2D eigenvalue weighted by Gasteiger charge is -1.99. The first kappa shape index (κ1) is 9.99. The Balaban J connectivity index is 2.20. The molecule has 0 unspecified atom stereocenters.